The maximum atomic E-state index is 14.3. The first-order chi connectivity index (χ1) is 12.1. The maximum Gasteiger partial charge on any atom is 0.338 e. The highest BCUT2D eigenvalue weighted by molar-refractivity contribution is 5.89. The van der Waals surface area contributed by atoms with Crippen LogP contribution in [0.25, 0.3) is 0 Å². The first kappa shape index (κ1) is 19.4. The number of pyridine rings is 1. The highest BCUT2D eigenvalue weighted by Crippen LogP contribution is 2.23. The molecule has 1 aromatic heterocycles. The van der Waals surface area contributed by atoms with Gasteiger partial charge in [-0.2, -0.15) is 0 Å². The normalized spacial score (nSPS) is 11.0. The zero-order valence-corrected chi connectivity index (χ0v) is 15.0. The molecule has 0 N–H and O–H groups in total. The van der Waals surface area contributed by atoms with Crippen LogP contribution in [0.5, 0.6) is 5.75 Å². The molecule has 6 heteroatoms. The summed E-state index contributed by atoms with van der Waals surface area (Å²) in [4.78, 5) is 16.0. The van der Waals surface area contributed by atoms with Gasteiger partial charge in [0.2, 0.25) is 0 Å². The van der Waals surface area contributed by atoms with Crippen LogP contribution in [0.15, 0.2) is 24.4 Å². The van der Waals surface area contributed by atoms with Crippen molar-refractivity contribution in [2.75, 3.05) is 0 Å². The predicted octanol–water partition coefficient (Wildman–Crippen LogP) is 4.18. The number of ether oxygens (including phenoxy) is 2. The van der Waals surface area contributed by atoms with E-state index < -0.39 is 23.2 Å². The fraction of sp³-hybridized carbons (Fsp3) is 0.300. The third-order valence-electron chi connectivity index (χ3n) is 3.31. The summed E-state index contributed by atoms with van der Waals surface area (Å²) in [6, 6.07) is 3.44. The van der Waals surface area contributed by atoms with Crippen LogP contribution < -0.4 is 4.74 Å². The second-order valence-corrected chi connectivity index (χ2v) is 6.68. The Balaban J connectivity index is 2.23. The number of carbonyl (C=O) groups is 1. The summed E-state index contributed by atoms with van der Waals surface area (Å²) in [5, 5.41) is 0. The van der Waals surface area contributed by atoms with Gasteiger partial charge in [-0.15, -0.1) is 6.42 Å². The molecule has 0 saturated heterocycles. The first-order valence-electron chi connectivity index (χ1n) is 7.88. The fourth-order valence-corrected chi connectivity index (χ4v) is 2.11. The molecule has 0 spiro atoms. The minimum Gasteiger partial charge on any atom is -0.487 e. The highest BCUT2D eigenvalue weighted by atomic mass is 19.1. The highest BCUT2D eigenvalue weighted by Gasteiger charge is 2.21. The van der Waals surface area contributed by atoms with Gasteiger partial charge < -0.3 is 9.47 Å². The minimum absolute atomic E-state index is 0.206. The third kappa shape index (κ3) is 4.79. The SMILES string of the molecule is C#Cc1cnc(C)cc1OCc1c(F)cc(C(=O)OC(C)(C)C)cc1F. The number of aromatic nitrogens is 1. The summed E-state index contributed by atoms with van der Waals surface area (Å²) in [5.74, 6) is 0.0876. The standard InChI is InChI=1S/C20H19F2NO3/c1-6-13-10-23-12(2)7-18(13)25-11-15-16(21)8-14(9-17(15)22)19(24)26-20(3,4)5/h1,7-10H,11H2,2-5H3. The summed E-state index contributed by atoms with van der Waals surface area (Å²) < 4.78 is 39.1. The number of carbonyl (C=O) groups excluding carboxylic acids is 1. The Morgan fingerprint density at radius 3 is 2.38 bits per heavy atom. The molecule has 0 radical (unpaired) electrons. The molecule has 0 atom stereocenters. The van der Waals surface area contributed by atoms with Crippen LogP contribution in [-0.2, 0) is 11.3 Å². The van der Waals surface area contributed by atoms with Crippen LogP contribution >= 0.6 is 0 Å². The van der Waals surface area contributed by atoms with Crippen LogP contribution in [0.3, 0.4) is 0 Å². The molecule has 0 bridgehead atoms. The van der Waals surface area contributed by atoms with E-state index in [1.54, 1.807) is 33.8 Å². The third-order valence-corrected chi connectivity index (χ3v) is 3.31. The molecule has 0 amide bonds. The van der Waals surface area contributed by atoms with E-state index in [1.807, 2.05) is 0 Å². The van der Waals surface area contributed by atoms with Crippen LogP contribution in [-0.4, -0.2) is 16.6 Å². The number of halogens is 2. The van der Waals surface area contributed by atoms with Crippen molar-refractivity contribution in [2.45, 2.75) is 39.9 Å². The summed E-state index contributed by atoms with van der Waals surface area (Å²) in [6.07, 6.45) is 6.81. The molecule has 2 rings (SSSR count). The molecule has 0 saturated carbocycles. The van der Waals surface area contributed by atoms with E-state index >= 15 is 0 Å². The molecule has 26 heavy (non-hydrogen) atoms. The number of benzene rings is 1. The van der Waals surface area contributed by atoms with Gasteiger partial charge in [-0.25, -0.2) is 13.6 Å². The van der Waals surface area contributed by atoms with Gasteiger partial charge in [0, 0.05) is 18.0 Å². The molecular weight excluding hydrogens is 340 g/mol. The number of terminal acetylenes is 1. The molecule has 0 fully saturated rings. The summed E-state index contributed by atoms with van der Waals surface area (Å²) in [6.45, 7) is 6.35. The smallest absolute Gasteiger partial charge is 0.338 e. The number of aryl methyl sites for hydroxylation is 1. The number of hydrogen-bond donors (Lipinski definition) is 0. The summed E-state index contributed by atoms with van der Waals surface area (Å²) in [7, 11) is 0. The van der Waals surface area contributed by atoms with Gasteiger partial charge in [0.25, 0.3) is 0 Å². The Morgan fingerprint density at radius 2 is 1.85 bits per heavy atom. The van der Waals surface area contributed by atoms with Gasteiger partial charge in [0.1, 0.15) is 29.6 Å². The first-order valence-corrected chi connectivity index (χ1v) is 7.88. The van der Waals surface area contributed by atoms with Gasteiger partial charge >= 0.3 is 5.97 Å². The van der Waals surface area contributed by atoms with Crippen molar-refractivity contribution in [3.63, 3.8) is 0 Å². The van der Waals surface area contributed by atoms with E-state index in [2.05, 4.69) is 10.9 Å². The van der Waals surface area contributed by atoms with Crippen LogP contribution in [0.1, 0.15) is 48.0 Å². The molecule has 1 heterocycles. The topological polar surface area (TPSA) is 48.4 Å². The van der Waals surface area contributed by atoms with Crippen LogP contribution in [0.4, 0.5) is 8.78 Å². The van der Waals surface area contributed by atoms with E-state index in [-0.39, 0.29) is 17.7 Å². The van der Waals surface area contributed by atoms with Crippen molar-refractivity contribution < 1.29 is 23.0 Å². The monoisotopic (exact) mass is 359 g/mol. The van der Waals surface area contributed by atoms with Crippen molar-refractivity contribution in [2.24, 2.45) is 0 Å². The molecule has 4 nitrogen and oxygen atoms in total. The van der Waals surface area contributed by atoms with E-state index in [9.17, 15) is 13.6 Å². The Bertz CT molecular complexity index is 857. The van der Waals surface area contributed by atoms with Gasteiger partial charge in [0.05, 0.1) is 16.7 Å². The molecule has 1 aromatic carbocycles. The Morgan fingerprint density at radius 1 is 1.23 bits per heavy atom. The van der Waals surface area contributed by atoms with Crippen molar-refractivity contribution in [1.29, 1.82) is 0 Å². The second kappa shape index (κ2) is 7.52. The van der Waals surface area contributed by atoms with Crippen molar-refractivity contribution in [3.8, 4) is 18.1 Å². The molecule has 0 unspecified atom stereocenters. The second-order valence-electron chi connectivity index (χ2n) is 6.68. The molecule has 0 aliphatic rings. The number of hydrogen-bond acceptors (Lipinski definition) is 4. The van der Waals surface area contributed by atoms with Crippen LogP contribution in [0.2, 0.25) is 0 Å². The minimum atomic E-state index is -0.904. The van der Waals surface area contributed by atoms with Gasteiger partial charge in [-0.3, -0.25) is 4.98 Å². The maximum absolute atomic E-state index is 14.3. The average Bonchev–Trinajstić information content (AvgIpc) is 2.52. The Hall–Kier alpha value is -2.94. The molecule has 0 aliphatic heterocycles. The van der Waals surface area contributed by atoms with Crippen molar-refractivity contribution >= 4 is 5.97 Å². The Labute approximate surface area is 151 Å². The van der Waals surface area contributed by atoms with E-state index in [0.29, 0.717) is 17.0 Å². The molecule has 2 aromatic rings. The average molecular weight is 359 g/mol. The zero-order valence-electron chi connectivity index (χ0n) is 15.0. The predicted molar refractivity (Wildman–Crippen MR) is 92.8 cm³/mol. The molecular formula is C20H19F2NO3. The summed E-state index contributed by atoms with van der Waals surface area (Å²) in [5.41, 5.74) is -0.254. The lowest BCUT2D eigenvalue weighted by atomic mass is 10.1. The number of rotatable bonds is 4. The lowest BCUT2D eigenvalue weighted by Gasteiger charge is -2.19. The quantitative estimate of drug-likeness (QED) is 0.607. The van der Waals surface area contributed by atoms with E-state index in [1.165, 1.54) is 6.20 Å². The largest absolute Gasteiger partial charge is 0.487 e. The molecule has 0 aliphatic carbocycles. The van der Waals surface area contributed by atoms with E-state index in [4.69, 9.17) is 15.9 Å². The van der Waals surface area contributed by atoms with Crippen LogP contribution in [0, 0.1) is 30.9 Å². The molecule has 136 valence electrons. The zero-order chi connectivity index (χ0) is 19.5. The lowest BCUT2D eigenvalue weighted by molar-refractivity contribution is 0.00683. The van der Waals surface area contributed by atoms with Crippen molar-refractivity contribution in [3.05, 3.63) is 58.4 Å². The van der Waals surface area contributed by atoms with Crippen molar-refractivity contribution in [1.82, 2.24) is 4.98 Å². The van der Waals surface area contributed by atoms with Gasteiger partial charge in [-0.05, 0) is 39.8 Å². The fourth-order valence-electron chi connectivity index (χ4n) is 2.11. The summed E-state index contributed by atoms with van der Waals surface area (Å²) >= 11 is 0. The van der Waals surface area contributed by atoms with E-state index in [0.717, 1.165) is 12.1 Å². The Kier molecular flexibility index (Phi) is 5.61. The van der Waals surface area contributed by atoms with Gasteiger partial charge in [-0.1, -0.05) is 5.92 Å². The number of nitrogens with zero attached hydrogens (tertiary/aromatic N) is 1. The lowest BCUT2D eigenvalue weighted by Crippen LogP contribution is -2.24. The van der Waals surface area contributed by atoms with Gasteiger partial charge in [0.15, 0.2) is 0 Å². The number of esters is 1.